The maximum Gasteiger partial charge on any atom is 0.349 e. The highest BCUT2D eigenvalue weighted by Gasteiger charge is 2.14. The molecule has 6 nitrogen and oxygen atoms in total. The van der Waals surface area contributed by atoms with Crippen LogP contribution in [-0.2, 0) is 14.3 Å². The van der Waals surface area contributed by atoms with Crippen molar-refractivity contribution in [3.8, 4) is 11.8 Å². The summed E-state index contributed by atoms with van der Waals surface area (Å²) in [4.78, 5) is 23.7. The first kappa shape index (κ1) is 19.6. The number of rotatable bonds is 6. The van der Waals surface area contributed by atoms with Crippen LogP contribution in [0.3, 0.4) is 0 Å². The number of nitrogens with one attached hydrogen (secondary N) is 1. The summed E-state index contributed by atoms with van der Waals surface area (Å²) >= 11 is 0. The van der Waals surface area contributed by atoms with E-state index in [1.807, 2.05) is 0 Å². The summed E-state index contributed by atoms with van der Waals surface area (Å²) in [6, 6.07) is 11.1. The molecule has 0 aliphatic carbocycles. The van der Waals surface area contributed by atoms with Crippen molar-refractivity contribution in [2.24, 2.45) is 0 Å². The van der Waals surface area contributed by atoms with Gasteiger partial charge < -0.3 is 14.8 Å². The quantitative estimate of drug-likeness (QED) is 0.478. The predicted molar refractivity (Wildman–Crippen MR) is 92.5 cm³/mol. The minimum absolute atomic E-state index is 0.00220. The van der Waals surface area contributed by atoms with Gasteiger partial charge in [0.25, 0.3) is 5.91 Å². The van der Waals surface area contributed by atoms with Crippen molar-refractivity contribution < 1.29 is 27.8 Å². The van der Waals surface area contributed by atoms with Crippen molar-refractivity contribution in [1.82, 2.24) is 0 Å². The summed E-state index contributed by atoms with van der Waals surface area (Å²) in [5.74, 6) is -3.41. The highest BCUT2D eigenvalue weighted by Crippen LogP contribution is 2.16. The Kier molecular flexibility index (Phi) is 6.61. The third-order valence-corrected chi connectivity index (χ3v) is 3.28. The molecule has 0 saturated heterocycles. The largest absolute Gasteiger partial charge is 0.497 e. The number of benzene rings is 2. The van der Waals surface area contributed by atoms with E-state index >= 15 is 0 Å². The van der Waals surface area contributed by atoms with E-state index in [0.29, 0.717) is 11.3 Å². The predicted octanol–water partition coefficient (Wildman–Crippen LogP) is 3.06. The first-order chi connectivity index (χ1) is 12.9. The number of methoxy groups -OCH3 is 1. The van der Waals surface area contributed by atoms with Gasteiger partial charge in [-0.15, -0.1) is 0 Å². The molecule has 0 aliphatic heterocycles. The molecule has 0 fully saturated rings. The molecule has 0 spiro atoms. The number of hydrogen-bond acceptors (Lipinski definition) is 5. The Morgan fingerprint density at radius 3 is 2.63 bits per heavy atom. The number of amides is 1. The van der Waals surface area contributed by atoms with E-state index in [9.17, 15) is 18.4 Å². The lowest BCUT2D eigenvalue weighted by Gasteiger charge is -2.07. The summed E-state index contributed by atoms with van der Waals surface area (Å²) in [7, 11) is 1.48. The minimum Gasteiger partial charge on any atom is -0.497 e. The van der Waals surface area contributed by atoms with E-state index in [1.54, 1.807) is 30.3 Å². The summed E-state index contributed by atoms with van der Waals surface area (Å²) in [5.41, 5.74) is 0.223. The fraction of sp³-hybridized carbons (Fsp3) is 0.105. The molecule has 2 rings (SSSR count). The van der Waals surface area contributed by atoms with E-state index in [4.69, 9.17) is 14.7 Å². The monoisotopic (exact) mass is 372 g/mol. The maximum absolute atomic E-state index is 13.1. The molecule has 0 radical (unpaired) electrons. The lowest BCUT2D eigenvalue weighted by Crippen LogP contribution is -2.21. The van der Waals surface area contributed by atoms with Crippen LogP contribution in [0, 0.1) is 23.0 Å². The zero-order valence-corrected chi connectivity index (χ0v) is 14.2. The second kappa shape index (κ2) is 9.10. The maximum atomic E-state index is 13.1. The Balaban J connectivity index is 1.97. The van der Waals surface area contributed by atoms with Gasteiger partial charge in [-0.05, 0) is 35.9 Å². The van der Waals surface area contributed by atoms with Crippen molar-refractivity contribution >= 4 is 23.6 Å². The van der Waals surface area contributed by atoms with Crippen molar-refractivity contribution in [2.75, 3.05) is 19.0 Å². The zero-order chi connectivity index (χ0) is 19.8. The molecule has 0 bridgehead atoms. The molecule has 8 heteroatoms. The normalized spacial score (nSPS) is 10.7. The van der Waals surface area contributed by atoms with Crippen LogP contribution < -0.4 is 10.1 Å². The van der Waals surface area contributed by atoms with E-state index in [-0.39, 0.29) is 11.3 Å². The summed E-state index contributed by atoms with van der Waals surface area (Å²) in [5, 5.41) is 11.4. The zero-order valence-electron chi connectivity index (χ0n) is 14.2. The van der Waals surface area contributed by atoms with Crippen LogP contribution in [0.25, 0.3) is 6.08 Å². The number of nitriles is 1. The molecule has 2 aromatic rings. The molecular formula is C19H14F2N2O4. The molecule has 138 valence electrons. The molecule has 0 unspecified atom stereocenters. The van der Waals surface area contributed by atoms with Gasteiger partial charge in [0, 0.05) is 11.8 Å². The fourth-order valence-electron chi connectivity index (χ4n) is 2.01. The van der Waals surface area contributed by atoms with Gasteiger partial charge in [0.2, 0.25) is 0 Å². The van der Waals surface area contributed by atoms with Gasteiger partial charge in [0.15, 0.2) is 18.2 Å². The average Bonchev–Trinajstić information content (AvgIpc) is 2.67. The number of hydrogen-bond donors (Lipinski definition) is 1. The number of anilines is 1. The standard InChI is InChI=1S/C19H14F2N2O4/c1-26-15-4-2-3-12(8-15)7-13(10-22)19(25)27-11-18(24)23-14-5-6-16(20)17(21)9-14/h2-9H,11H2,1H3,(H,23,24)/b13-7+. The molecular weight excluding hydrogens is 358 g/mol. The van der Waals surface area contributed by atoms with Crippen LogP contribution in [0.1, 0.15) is 5.56 Å². The summed E-state index contributed by atoms with van der Waals surface area (Å²) in [6.07, 6.45) is 1.29. The average molecular weight is 372 g/mol. The lowest BCUT2D eigenvalue weighted by molar-refractivity contribution is -0.142. The van der Waals surface area contributed by atoms with E-state index in [1.165, 1.54) is 13.2 Å². The lowest BCUT2D eigenvalue weighted by atomic mass is 10.1. The van der Waals surface area contributed by atoms with Crippen LogP contribution in [0.15, 0.2) is 48.0 Å². The van der Waals surface area contributed by atoms with E-state index in [2.05, 4.69) is 5.32 Å². The molecule has 0 aliphatic rings. The fourth-order valence-corrected chi connectivity index (χ4v) is 2.01. The van der Waals surface area contributed by atoms with Crippen LogP contribution in [0.2, 0.25) is 0 Å². The van der Waals surface area contributed by atoms with Crippen molar-refractivity contribution in [2.45, 2.75) is 0 Å². The van der Waals surface area contributed by atoms with Gasteiger partial charge in [-0.3, -0.25) is 4.79 Å². The molecule has 0 atom stereocenters. The second-order valence-corrected chi connectivity index (χ2v) is 5.20. The molecule has 0 heterocycles. The Morgan fingerprint density at radius 2 is 1.96 bits per heavy atom. The van der Waals surface area contributed by atoms with Crippen LogP contribution in [-0.4, -0.2) is 25.6 Å². The van der Waals surface area contributed by atoms with Crippen molar-refractivity contribution in [3.05, 3.63) is 65.2 Å². The number of carbonyl (C=O) groups excluding carboxylic acids is 2. The van der Waals surface area contributed by atoms with Crippen LogP contribution in [0.5, 0.6) is 5.75 Å². The number of ether oxygens (including phenoxy) is 2. The molecule has 1 amide bonds. The Labute approximate surface area is 153 Å². The van der Waals surface area contributed by atoms with Crippen molar-refractivity contribution in [1.29, 1.82) is 5.26 Å². The first-order valence-corrected chi connectivity index (χ1v) is 7.61. The minimum atomic E-state index is -1.13. The van der Waals surface area contributed by atoms with Gasteiger partial charge in [-0.2, -0.15) is 5.26 Å². The number of esters is 1. The number of carbonyl (C=O) groups is 2. The molecule has 0 aromatic heterocycles. The number of nitrogens with zero attached hydrogens (tertiary/aromatic N) is 1. The number of halogens is 2. The van der Waals surface area contributed by atoms with Gasteiger partial charge in [0.1, 0.15) is 17.4 Å². The molecule has 1 N–H and O–H groups in total. The SMILES string of the molecule is COc1cccc(/C=C(\C#N)C(=O)OCC(=O)Nc2ccc(F)c(F)c2)c1. The summed E-state index contributed by atoms with van der Waals surface area (Å²) in [6.45, 7) is -0.699. The Morgan fingerprint density at radius 1 is 1.19 bits per heavy atom. The smallest absolute Gasteiger partial charge is 0.349 e. The second-order valence-electron chi connectivity index (χ2n) is 5.20. The van der Waals surface area contributed by atoms with Crippen LogP contribution >= 0.6 is 0 Å². The van der Waals surface area contributed by atoms with E-state index in [0.717, 1.165) is 18.2 Å². The Bertz CT molecular complexity index is 936. The first-order valence-electron chi connectivity index (χ1n) is 7.61. The third kappa shape index (κ3) is 5.64. The third-order valence-electron chi connectivity index (χ3n) is 3.28. The van der Waals surface area contributed by atoms with Gasteiger partial charge in [-0.1, -0.05) is 12.1 Å². The molecule has 2 aromatic carbocycles. The molecule has 27 heavy (non-hydrogen) atoms. The van der Waals surface area contributed by atoms with Crippen molar-refractivity contribution in [3.63, 3.8) is 0 Å². The summed E-state index contributed by atoms with van der Waals surface area (Å²) < 4.78 is 35.8. The highest BCUT2D eigenvalue weighted by molar-refractivity contribution is 6.00. The molecule has 0 saturated carbocycles. The van der Waals surface area contributed by atoms with Gasteiger partial charge >= 0.3 is 5.97 Å². The topological polar surface area (TPSA) is 88.4 Å². The van der Waals surface area contributed by atoms with Gasteiger partial charge in [-0.25, -0.2) is 13.6 Å². The Hall–Kier alpha value is -3.73. The van der Waals surface area contributed by atoms with E-state index < -0.39 is 30.1 Å². The van der Waals surface area contributed by atoms with Gasteiger partial charge in [0.05, 0.1) is 7.11 Å². The highest BCUT2D eigenvalue weighted by atomic mass is 19.2. The van der Waals surface area contributed by atoms with Crippen LogP contribution in [0.4, 0.5) is 14.5 Å².